The Morgan fingerprint density at radius 3 is 2.47 bits per heavy atom. The molecule has 6 nitrogen and oxygen atoms in total. The monoisotopic (exact) mass is 435 g/mol. The Morgan fingerprint density at radius 2 is 1.70 bits per heavy atom. The van der Waals surface area contributed by atoms with Crippen LogP contribution in [0.4, 0.5) is 0 Å². The largest absolute Gasteiger partial charge is 1.00 e. The van der Waals surface area contributed by atoms with E-state index in [9.17, 15) is 5.11 Å². The van der Waals surface area contributed by atoms with Crippen LogP contribution in [0.3, 0.4) is 0 Å². The Hall–Kier alpha value is -1.83. The summed E-state index contributed by atoms with van der Waals surface area (Å²) in [7, 11) is 0. The van der Waals surface area contributed by atoms with Crippen LogP contribution >= 0.6 is 0 Å². The van der Waals surface area contributed by atoms with E-state index in [0.717, 1.165) is 48.8 Å². The van der Waals surface area contributed by atoms with Gasteiger partial charge in [-0.25, -0.2) is 0 Å². The zero-order valence-electron chi connectivity index (χ0n) is 17.1. The van der Waals surface area contributed by atoms with E-state index in [0.29, 0.717) is 19.8 Å². The molecule has 2 heterocycles. The van der Waals surface area contributed by atoms with E-state index in [1.165, 1.54) is 5.56 Å². The Morgan fingerprint density at radius 1 is 1.00 bits per heavy atom. The van der Waals surface area contributed by atoms with Crippen molar-refractivity contribution in [1.29, 1.82) is 0 Å². The van der Waals surface area contributed by atoms with Crippen LogP contribution in [0, 0.1) is 0 Å². The topological polar surface area (TPSA) is 57.2 Å². The van der Waals surface area contributed by atoms with Crippen LogP contribution in [0.15, 0.2) is 54.6 Å². The molecular weight excluding hydrogens is 406 g/mol. The van der Waals surface area contributed by atoms with Gasteiger partial charge in [-0.1, -0.05) is 42.5 Å². The Labute approximate surface area is 184 Å². The van der Waals surface area contributed by atoms with Gasteiger partial charge in [-0.15, -0.1) is 0 Å². The fraction of sp³-hybridized carbons (Fsp3) is 0.478. The molecule has 2 aromatic rings. The maximum atomic E-state index is 10.7. The summed E-state index contributed by atoms with van der Waals surface area (Å²) in [5, 5.41) is 10.7. The molecule has 1 N–H and O–H groups in total. The number of morpholine rings is 1. The van der Waals surface area contributed by atoms with E-state index in [1.807, 2.05) is 30.3 Å². The highest BCUT2D eigenvalue weighted by molar-refractivity contribution is 5.40. The number of fused-ring (bicyclic) bond motifs is 1. The molecular formula is C23H30ClNO5. The molecule has 0 aliphatic carbocycles. The van der Waals surface area contributed by atoms with Crippen molar-refractivity contribution < 1.29 is 40.9 Å². The average Bonchev–Trinajstić information content (AvgIpc) is 2.75. The number of hydrogen-bond donors (Lipinski definition) is 1. The van der Waals surface area contributed by atoms with Crippen LogP contribution < -0.4 is 21.9 Å². The molecule has 2 aliphatic heterocycles. The van der Waals surface area contributed by atoms with E-state index in [4.69, 9.17) is 18.9 Å². The van der Waals surface area contributed by atoms with Gasteiger partial charge < -0.3 is 40.9 Å². The van der Waals surface area contributed by atoms with Gasteiger partial charge in [-0.05, 0) is 12.1 Å². The molecule has 7 heteroatoms. The van der Waals surface area contributed by atoms with Crippen LogP contribution in [0.25, 0.3) is 0 Å². The summed E-state index contributed by atoms with van der Waals surface area (Å²) in [5.41, 5.74) is 1.29. The molecule has 0 radical (unpaired) electrons. The van der Waals surface area contributed by atoms with Crippen LogP contribution in [-0.2, 0) is 16.0 Å². The normalized spacial score (nSPS) is 20.8. The van der Waals surface area contributed by atoms with Crippen molar-refractivity contribution in [3.8, 4) is 11.5 Å². The third-order valence-electron chi connectivity index (χ3n) is 5.56. The average molecular weight is 436 g/mol. The van der Waals surface area contributed by atoms with Gasteiger partial charge in [0.25, 0.3) is 0 Å². The highest BCUT2D eigenvalue weighted by atomic mass is 35.5. The number of ether oxygens (including phenoxy) is 4. The van der Waals surface area contributed by atoms with Crippen LogP contribution in [-0.4, -0.2) is 74.5 Å². The minimum absolute atomic E-state index is 0. The summed E-state index contributed by atoms with van der Waals surface area (Å²) in [6.07, 6.45) is -0.693. The van der Waals surface area contributed by atoms with Crippen LogP contribution in [0.5, 0.6) is 11.5 Å². The minimum Gasteiger partial charge on any atom is -1.00 e. The van der Waals surface area contributed by atoms with Crippen LogP contribution in [0.2, 0.25) is 0 Å². The molecule has 1 fully saturated rings. The molecule has 4 rings (SSSR count). The van der Waals surface area contributed by atoms with Crippen molar-refractivity contribution in [3.63, 3.8) is 0 Å². The highest BCUT2D eigenvalue weighted by Crippen LogP contribution is 2.30. The molecule has 0 bridgehead atoms. The second-order valence-corrected chi connectivity index (χ2v) is 7.92. The molecule has 0 amide bonds. The number of hydrogen-bond acceptors (Lipinski definition) is 5. The number of nitrogens with zero attached hydrogens (tertiary/aromatic N) is 1. The molecule has 30 heavy (non-hydrogen) atoms. The summed E-state index contributed by atoms with van der Waals surface area (Å²) >= 11 is 0. The minimum atomic E-state index is -0.534. The standard InChI is InChI=1S/C23H30NO5.ClH/c25-20(16-27-17-21-18-28-22-8-4-5-9-23(22)29-21)15-24(10-12-26-13-11-24)14-19-6-2-1-3-7-19;/h1-9,20-21,25H,10-18H2;1H/q+1;/p-1. The van der Waals surface area contributed by atoms with Crippen molar-refractivity contribution in [2.24, 2.45) is 0 Å². The van der Waals surface area contributed by atoms with Gasteiger partial charge >= 0.3 is 0 Å². The lowest BCUT2D eigenvalue weighted by atomic mass is 10.1. The first-order chi connectivity index (χ1) is 14.2. The summed E-state index contributed by atoms with van der Waals surface area (Å²) in [5.74, 6) is 1.51. The van der Waals surface area contributed by atoms with Crippen molar-refractivity contribution in [2.75, 3.05) is 52.7 Å². The van der Waals surface area contributed by atoms with Gasteiger partial charge in [0.2, 0.25) is 0 Å². The maximum absolute atomic E-state index is 10.7. The number of benzene rings is 2. The third-order valence-corrected chi connectivity index (χ3v) is 5.56. The maximum Gasteiger partial charge on any atom is 0.161 e. The lowest BCUT2D eigenvalue weighted by Crippen LogP contribution is -3.00. The van der Waals surface area contributed by atoms with E-state index >= 15 is 0 Å². The third kappa shape index (κ3) is 6.09. The van der Waals surface area contributed by atoms with Crippen LogP contribution in [0.1, 0.15) is 5.56 Å². The number of aliphatic hydroxyl groups is 1. The SMILES string of the molecule is OC(COCC1COc2ccccc2O1)C[N+]1(Cc2ccccc2)CCOCC1.[Cl-]. The molecule has 2 aromatic carbocycles. The predicted molar refractivity (Wildman–Crippen MR) is 109 cm³/mol. The predicted octanol–water partition coefficient (Wildman–Crippen LogP) is -0.745. The van der Waals surface area contributed by atoms with E-state index < -0.39 is 6.10 Å². The van der Waals surface area contributed by atoms with Crippen molar-refractivity contribution in [3.05, 3.63) is 60.2 Å². The smallest absolute Gasteiger partial charge is 0.161 e. The number of quaternary nitrogens is 1. The number of aliphatic hydroxyl groups excluding tert-OH is 1. The van der Waals surface area contributed by atoms with Gasteiger partial charge in [0.05, 0.1) is 26.4 Å². The fourth-order valence-electron chi connectivity index (χ4n) is 4.09. The van der Waals surface area contributed by atoms with Crippen molar-refractivity contribution in [1.82, 2.24) is 0 Å². The molecule has 1 saturated heterocycles. The Balaban J connectivity index is 0.00000256. The second-order valence-electron chi connectivity index (χ2n) is 7.92. The second kappa shape index (κ2) is 11.0. The number of halogens is 1. The Kier molecular flexibility index (Phi) is 8.36. The zero-order valence-corrected chi connectivity index (χ0v) is 17.9. The van der Waals surface area contributed by atoms with Gasteiger partial charge in [-0.2, -0.15) is 0 Å². The molecule has 0 aromatic heterocycles. The fourth-order valence-corrected chi connectivity index (χ4v) is 4.09. The first-order valence-electron chi connectivity index (χ1n) is 10.3. The first-order valence-corrected chi connectivity index (χ1v) is 10.3. The first kappa shape index (κ1) is 22.8. The number of para-hydroxylation sites is 2. The molecule has 2 aliphatic rings. The summed E-state index contributed by atoms with van der Waals surface area (Å²) in [6, 6.07) is 18.1. The summed E-state index contributed by atoms with van der Waals surface area (Å²) < 4.78 is 23.8. The molecule has 0 spiro atoms. The van der Waals surface area contributed by atoms with Gasteiger partial charge in [0, 0.05) is 5.56 Å². The van der Waals surface area contributed by atoms with Gasteiger partial charge in [0.1, 0.15) is 38.9 Å². The summed E-state index contributed by atoms with van der Waals surface area (Å²) in [4.78, 5) is 0. The van der Waals surface area contributed by atoms with Gasteiger partial charge in [0.15, 0.2) is 17.6 Å². The lowest BCUT2D eigenvalue weighted by Gasteiger charge is -2.42. The van der Waals surface area contributed by atoms with Crippen molar-refractivity contribution >= 4 is 0 Å². The quantitative estimate of drug-likeness (QED) is 0.553. The summed E-state index contributed by atoms with van der Waals surface area (Å²) in [6.45, 7) is 5.97. The molecule has 0 saturated carbocycles. The van der Waals surface area contributed by atoms with E-state index in [-0.39, 0.29) is 25.1 Å². The van der Waals surface area contributed by atoms with E-state index in [1.54, 1.807) is 0 Å². The molecule has 2 atom stereocenters. The van der Waals surface area contributed by atoms with Gasteiger partial charge in [-0.3, -0.25) is 0 Å². The molecule has 164 valence electrons. The van der Waals surface area contributed by atoms with Crippen molar-refractivity contribution in [2.45, 2.75) is 18.8 Å². The number of rotatable bonds is 8. The lowest BCUT2D eigenvalue weighted by molar-refractivity contribution is -0.950. The zero-order chi connectivity index (χ0) is 19.9. The van der Waals surface area contributed by atoms with E-state index in [2.05, 4.69) is 24.3 Å². The Bertz CT molecular complexity index is 769. The highest BCUT2D eigenvalue weighted by Gasteiger charge is 2.33. The molecule has 2 unspecified atom stereocenters.